The summed E-state index contributed by atoms with van der Waals surface area (Å²) in [5.41, 5.74) is 4.17. The molecule has 4 heterocycles. The molecule has 232 valence electrons. The highest BCUT2D eigenvalue weighted by Gasteiger charge is 2.44. The number of nitrogens with zero attached hydrogens (tertiary/aromatic N) is 7. The Hall–Kier alpha value is -2.19. The van der Waals surface area contributed by atoms with Crippen molar-refractivity contribution in [2.75, 3.05) is 42.6 Å². The minimum absolute atomic E-state index is 0.196. The zero-order valence-corrected chi connectivity index (χ0v) is 28.8. The van der Waals surface area contributed by atoms with E-state index < -0.39 is 14.0 Å². The molecule has 0 N–H and O–H groups in total. The summed E-state index contributed by atoms with van der Waals surface area (Å²) in [6.45, 7) is 12.4. The van der Waals surface area contributed by atoms with E-state index in [9.17, 15) is 8.78 Å². The SMILES string of the molecule is Cc1cc(-c2nnc(-c3ccc(I)cc3N3CCC4(CC3)CC4)n2COCC[Si](C)(C)C)nc(N2CCC(F)(F)CC2)n1. The Labute approximate surface area is 267 Å². The third kappa shape index (κ3) is 7.21. The number of halogens is 3. The van der Waals surface area contributed by atoms with Gasteiger partial charge in [0, 0.05) is 74.2 Å². The van der Waals surface area contributed by atoms with Gasteiger partial charge in [0.25, 0.3) is 5.92 Å². The number of aromatic nitrogens is 5. The van der Waals surface area contributed by atoms with E-state index in [0.717, 1.165) is 36.2 Å². The highest BCUT2D eigenvalue weighted by molar-refractivity contribution is 14.1. The maximum atomic E-state index is 13.9. The van der Waals surface area contributed by atoms with E-state index in [1.54, 1.807) is 0 Å². The van der Waals surface area contributed by atoms with Gasteiger partial charge in [0.2, 0.25) is 5.95 Å². The fourth-order valence-corrected chi connectivity index (χ4v) is 7.28. The van der Waals surface area contributed by atoms with Crippen LogP contribution >= 0.6 is 22.6 Å². The molecule has 2 aliphatic heterocycles. The zero-order chi connectivity index (χ0) is 30.4. The van der Waals surface area contributed by atoms with E-state index in [4.69, 9.17) is 14.8 Å². The lowest BCUT2D eigenvalue weighted by Gasteiger charge is -2.35. The molecule has 6 rings (SSSR count). The zero-order valence-electron chi connectivity index (χ0n) is 25.7. The Morgan fingerprint density at radius 1 is 0.884 bits per heavy atom. The van der Waals surface area contributed by atoms with Crippen molar-refractivity contribution in [1.82, 2.24) is 24.7 Å². The maximum Gasteiger partial charge on any atom is 0.251 e. The highest BCUT2D eigenvalue weighted by atomic mass is 127. The van der Waals surface area contributed by atoms with Crippen LogP contribution in [-0.2, 0) is 11.5 Å². The maximum absolute atomic E-state index is 13.9. The van der Waals surface area contributed by atoms with Crippen molar-refractivity contribution in [3.05, 3.63) is 33.5 Å². The van der Waals surface area contributed by atoms with Crippen LogP contribution in [0.3, 0.4) is 0 Å². The van der Waals surface area contributed by atoms with Gasteiger partial charge in [-0.3, -0.25) is 4.57 Å². The molecule has 0 amide bonds. The number of aryl methyl sites for hydroxylation is 1. The Morgan fingerprint density at radius 2 is 1.56 bits per heavy atom. The van der Waals surface area contributed by atoms with Gasteiger partial charge in [-0.05, 0) is 90.9 Å². The number of rotatable bonds is 9. The van der Waals surface area contributed by atoms with Gasteiger partial charge in [0.1, 0.15) is 12.4 Å². The minimum atomic E-state index is -2.63. The molecule has 12 heteroatoms. The molecule has 1 aromatic carbocycles. The van der Waals surface area contributed by atoms with Crippen LogP contribution in [0.25, 0.3) is 22.9 Å². The van der Waals surface area contributed by atoms with Gasteiger partial charge in [-0.2, -0.15) is 0 Å². The van der Waals surface area contributed by atoms with Crippen molar-refractivity contribution in [1.29, 1.82) is 0 Å². The van der Waals surface area contributed by atoms with Crippen molar-refractivity contribution in [3.8, 4) is 22.9 Å². The number of hydrogen-bond acceptors (Lipinski definition) is 7. The van der Waals surface area contributed by atoms with Crippen molar-refractivity contribution in [2.45, 2.75) is 83.8 Å². The van der Waals surface area contributed by atoms with Gasteiger partial charge in [-0.1, -0.05) is 19.6 Å². The highest BCUT2D eigenvalue weighted by Crippen LogP contribution is 2.54. The average molecular weight is 722 g/mol. The first kappa shape index (κ1) is 30.8. The fraction of sp³-hybridized carbons (Fsp3) is 0.613. The molecule has 8 nitrogen and oxygen atoms in total. The molecular weight excluding hydrogens is 679 g/mol. The van der Waals surface area contributed by atoms with Gasteiger partial charge in [0.05, 0.1) is 0 Å². The van der Waals surface area contributed by atoms with Crippen LogP contribution in [0.5, 0.6) is 0 Å². The van der Waals surface area contributed by atoms with Gasteiger partial charge in [-0.15, -0.1) is 10.2 Å². The first-order valence-corrected chi connectivity index (χ1v) is 20.2. The second-order valence-corrected chi connectivity index (χ2v) is 20.7. The number of hydrogen-bond donors (Lipinski definition) is 0. The summed E-state index contributed by atoms with van der Waals surface area (Å²) < 4.78 is 37.3. The molecule has 43 heavy (non-hydrogen) atoms. The Balaban J connectivity index is 1.36. The Bertz CT molecular complexity index is 1450. The molecule has 0 bridgehead atoms. The van der Waals surface area contributed by atoms with E-state index >= 15 is 0 Å². The van der Waals surface area contributed by atoms with Gasteiger partial charge >= 0.3 is 0 Å². The molecule has 1 spiro atoms. The molecule has 2 aromatic heterocycles. The van der Waals surface area contributed by atoms with Gasteiger partial charge < -0.3 is 14.5 Å². The van der Waals surface area contributed by atoms with Crippen molar-refractivity contribution >= 4 is 42.3 Å². The monoisotopic (exact) mass is 721 g/mol. The predicted octanol–water partition coefficient (Wildman–Crippen LogP) is 7.24. The van der Waals surface area contributed by atoms with Crippen molar-refractivity contribution in [2.24, 2.45) is 5.41 Å². The summed E-state index contributed by atoms with van der Waals surface area (Å²) in [5.74, 6) is -0.836. The second-order valence-electron chi connectivity index (χ2n) is 13.8. The quantitative estimate of drug-likeness (QED) is 0.131. The molecule has 1 aliphatic carbocycles. The molecular formula is C31H42F2IN7OSi. The van der Waals surface area contributed by atoms with Gasteiger partial charge in [-0.25, -0.2) is 18.7 Å². The van der Waals surface area contributed by atoms with Gasteiger partial charge in [0.15, 0.2) is 11.6 Å². The molecule has 0 unspecified atom stereocenters. The smallest absolute Gasteiger partial charge is 0.251 e. The van der Waals surface area contributed by atoms with Crippen LogP contribution < -0.4 is 9.80 Å². The first-order chi connectivity index (χ1) is 20.4. The summed E-state index contributed by atoms with van der Waals surface area (Å²) in [4.78, 5) is 13.8. The van der Waals surface area contributed by atoms with E-state index in [0.29, 0.717) is 36.2 Å². The third-order valence-electron chi connectivity index (χ3n) is 9.14. The summed E-state index contributed by atoms with van der Waals surface area (Å²) in [7, 11) is -1.28. The number of ether oxygens (including phenoxy) is 1. The van der Waals surface area contributed by atoms with Crippen LogP contribution in [0.4, 0.5) is 20.4 Å². The summed E-state index contributed by atoms with van der Waals surface area (Å²) in [6.07, 6.45) is 4.82. The standard InChI is InChI=1S/C31H42F2IN7OSi/c1-22-19-25(36-29(35-22)40-15-11-31(32,33)12-16-40)28-38-37-27(41(28)21-42-17-18-43(2,3)4)24-6-5-23(34)20-26(24)39-13-9-30(7-8-30)10-14-39/h5-6,19-20H,7-18,21H2,1-4H3. The minimum Gasteiger partial charge on any atom is -0.371 e. The third-order valence-corrected chi connectivity index (χ3v) is 11.5. The van der Waals surface area contributed by atoms with Crippen LogP contribution in [0.1, 0.15) is 44.2 Å². The lowest BCUT2D eigenvalue weighted by Crippen LogP contribution is -2.40. The van der Waals surface area contributed by atoms with Crippen LogP contribution in [0.2, 0.25) is 25.7 Å². The average Bonchev–Trinajstić information content (AvgIpc) is 3.56. The number of benzene rings is 1. The topological polar surface area (TPSA) is 72.2 Å². The lowest BCUT2D eigenvalue weighted by molar-refractivity contribution is -0.0222. The summed E-state index contributed by atoms with van der Waals surface area (Å²) in [6, 6.07) is 9.47. The lowest BCUT2D eigenvalue weighted by atomic mass is 9.93. The first-order valence-electron chi connectivity index (χ1n) is 15.5. The molecule has 3 aliphatic rings. The Kier molecular flexibility index (Phi) is 8.57. The molecule has 3 aromatic rings. The number of piperidine rings is 2. The number of alkyl halides is 2. The van der Waals surface area contributed by atoms with Crippen LogP contribution in [0.15, 0.2) is 24.3 Å². The molecule has 0 radical (unpaired) electrons. The van der Waals surface area contributed by atoms with Crippen LogP contribution in [-0.4, -0.2) is 71.5 Å². The van der Waals surface area contributed by atoms with E-state index in [-0.39, 0.29) is 25.9 Å². The van der Waals surface area contributed by atoms with Crippen molar-refractivity contribution < 1.29 is 13.5 Å². The molecule has 2 saturated heterocycles. The van der Waals surface area contributed by atoms with E-state index in [1.165, 1.54) is 34.9 Å². The van der Waals surface area contributed by atoms with E-state index in [2.05, 4.69) is 75.4 Å². The molecule has 1 saturated carbocycles. The summed E-state index contributed by atoms with van der Waals surface area (Å²) >= 11 is 2.39. The largest absolute Gasteiger partial charge is 0.371 e. The fourth-order valence-electron chi connectivity index (χ4n) is 6.05. The molecule has 0 atom stereocenters. The van der Waals surface area contributed by atoms with E-state index in [1.807, 2.05) is 22.5 Å². The normalized spacial score (nSPS) is 19.7. The molecule has 3 fully saturated rings. The number of anilines is 2. The second kappa shape index (κ2) is 12.0. The van der Waals surface area contributed by atoms with Crippen LogP contribution in [0, 0.1) is 15.9 Å². The predicted molar refractivity (Wildman–Crippen MR) is 178 cm³/mol. The summed E-state index contributed by atoms with van der Waals surface area (Å²) in [5, 5.41) is 9.42. The van der Waals surface area contributed by atoms with Crippen molar-refractivity contribution in [3.63, 3.8) is 0 Å². The Morgan fingerprint density at radius 3 is 2.23 bits per heavy atom.